The highest BCUT2D eigenvalue weighted by Gasteiger charge is 2.38. The molecule has 2 fully saturated rings. The van der Waals surface area contributed by atoms with E-state index in [0.29, 0.717) is 152 Å². The second-order valence-electron chi connectivity index (χ2n) is 27.3. The van der Waals surface area contributed by atoms with Crippen molar-refractivity contribution < 1.29 is 55.0 Å². The Balaban J connectivity index is 0.000000212. The summed E-state index contributed by atoms with van der Waals surface area (Å²) >= 11 is 3.30. The predicted molar refractivity (Wildman–Crippen MR) is 431 cm³/mol. The van der Waals surface area contributed by atoms with Crippen molar-refractivity contribution in [2.75, 3.05) is 105 Å². The number of aliphatic hydroxyl groups is 2. The van der Waals surface area contributed by atoms with E-state index in [1.54, 1.807) is 121 Å². The van der Waals surface area contributed by atoms with Crippen molar-refractivity contribution in [3.63, 3.8) is 0 Å². The number of hydrogen-bond acceptors (Lipinski definition) is 19. The molecule has 31 heteroatoms. The topological polar surface area (TPSA) is 355 Å². The number of nitrogens with one attached hydrogen (secondary N) is 6. The zero-order chi connectivity index (χ0) is 79.8. The van der Waals surface area contributed by atoms with Crippen LogP contribution in [0.4, 0.5) is 31.5 Å². The molecule has 112 heavy (non-hydrogen) atoms. The Labute approximate surface area is 660 Å². The Morgan fingerprint density at radius 1 is 0.598 bits per heavy atom. The Bertz CT molecular complexity index is 5570. The number of halogens is 4. The molecule has 0 spiro atoms. The van der Waals surface area contributed by atoms with E-state index in [2.05, 4.69) is 67.3 Å². The molecule has 0 saturated carbocycles. The molecule has 2 aromatic heterocycles. The van der Waals surface area contributed by atoms with Crippen molar-refractivity contribution in [3.05, 3.63) is 270 Å². The summed E-state index contributed by atoms with van der Waals surface area (Å²) in [6.45, 7) is 19.3. The molecule has 0 bridgehead atoms. The molecule has 8 aromatic carbocycles. The Morgan fingerprint density at radius 2 is 1.06 bits per heavy atom. The summed E-state index contributed by atoms with van der Waals surface area (Å²) in [5.74, 6) is -4.85. The highest BCUT2D eigenvalue weighted by atomic mass is 79.9. The summed E-state index contributed by atoms with van der Waals surface area (Å²) < 4.78 is 80.9. The molecule has 4 heterocycles. The Morgan fingerprint density at radius 3 is 1.54 bits per heavy atom. The molecule has 0 radical (unpaired) electrons. The summed E-state index contributed by atoms with van der Waals surface area (Å²) in [6.07, 6.45) is 0.580. The monoisotopic (exact) mass is 1650 g/mol. The Hall–Kier alpha value is -10.9. The van der Waals surface area contributed by atoms with Gasteiger partial charge in [0.15, 0.2) is 36.7 Å². The van der Waals surface area contributed by atoms with Gasteiger partial charge in [-0.2, -0.15) is 15.5 Å². The van der Waals surface area contributed by atoms with Gasteiger partial charge in [0.2, 0.25) is 0 Å². The maximum atomic E-state index is 14.9. The van der Waals surface area contributed by atoms with Gasteiger partial charge in [-0.25, -0.2) is 40.7 Å². The second kappa shape index (κ2) is 37.9. The van der Waals surface area contributed by atoms with Crippen LogP contribution in [0.25, 0.3) is 26.4 Å². The number of Topliss-reactive ketones (excluding diaryl/α,β-unsaturated/α-hetero) is 1. The van der Waals surface area contributed by atoms with Crippen LogP contribution in [0, 0.1) is 43.4 Å². The molecule has 3 amide bonds. The third kappa shape index (κ3) is 21.8. The molecular weight excluding hydrogens is 1560 g/mol. The van der Waals surface area contributed by atoms with E-state index >= 15 is 0 Å². The molecular formula is C81H83BrClF2N13O12S2. The van der Waals surface area contributed by atoms with Crippen molar-refractivity contribution in [2.24, 2.45) is 0 Å². The van der Waals surface area contributed by atoms with E-state index in [1.807, 2.05) is 30.3 Å². The van der Waals surface area contributed by atoms with Crippen LogP contribution in [0.1, 0.15) is 79.3 Å². The SMILES string of the molecule is Cc1cc(NC(=O)[C@@](C)(O)CS(=O)(=O)c2ccc(NCCN3CCN(C(=O)c4cc(Cc5n[nH]c(=O)c6ccccc56)ccc4F)CC3)cc2)ccc1C#N.Cl.O=C(c1cc(Cc2n[nH]c(=O)c3ccccc23)ccc1F)N1CCNCC1.[C-]#[N+]c1ccc(CC(=O)[C@@](C)(O)CS(=O)(=O)c2ccc(NCCBr)cc2)cc1C. The highest BCUT2D eigenvalue weighted by Crippen LogP contribution is 2.28. The van der Waals surface area contributed by atoms with Gasteiger partial charge in [-0.05, 0) is 159 Å². The van der Waals surface area contributed by atoms with Crippen LogP contribution in [-0.2, 0) is 48.5 Å². The molecule has 0 unspecified atom stereocenters. The smallest absolute Gasteiger partial charge is 0.272 e. The van der Waals surface area contributed by atoms with Crippen molar-refractivity contribution >= 4 is 116 Å². The fourth-order valence-corrected chi connectivity index (χ4v) is 16.1. The van der Waals surface area contributed by atoms with Crippen molar-refractivity contribution in [1.82, 2.24) is 40.4 Å². The third-order valence-corrected chi connectivity index (χ3v) is 23.1. The lowest BCUT2D eigenvalue weighted by atomic mass is 9.96. The molecule has 2 aliphatic heterocycles. The van der Waals surface area contributed by atoms with Crippen molar-refractivity contribution in [1.29, 1.82) is 5.26 Å². The van der Waals surface area contributed by atoms with E-state index in [1.165, 1.54) is 55.5 Å². The van der Waals surface area contributed by atoms with Crippen LogP contribution in [0.5, 0.6) is 0 Å². The van der Waals surface area contributed by atoms with E-state index in [4.69, 9.17) is 11.8 Å². The second-order valence-corrected chi connectivity index (χ2v) is 32.1. The van der Waals surface area contributed by atoms with Gasteiger partial charge in [-0.1, -0.05) is 82.7 Å². The quantitative estimate of drug-likeness (QED) is 0.0206. The first-order chi connectivity index (χ1) is 53.0. The number of amides is 3. The normalized spacial score (nSPS) is 14.1. The van der Waals surface area contributed by atoms with Gasteiger partial charge in [-0.15, -0.1) is 12.4 Å². The number of benzene rings is 8. The lowest BCUT2D eigenvalue weighted by molar-refractivity contribution is -0.133. The molecule has 2 atom stereocenters. The predicted octanol–water partition coefficient (Wildman–Crippen LogP) is 9.68. The van der Waals surface area contributed by atoms with Crippen LogP contribution in [0.2, 0.25) is 0 Å². The maximum Gasteiger partial charge on any atom is 0.272 e. The molecule has 10 aromatic rings. The number of rotatable bonds is 24. The van der Waals surface area contributed by atoms with E-state index in [0.717, 1.165) is 34.5 Å². The standard InChI is InChI=1S/C40H40FN7O6S.C21H23BrN2O4S.C20H19FN4O2.ClH/c1-26-21-30(9-8-28(26)24-42)44-39(51)40(2,52)25-55(53,54)31-12-10-29(11-13-31)43-15-16-47-17-19-48(20-18-47)38(50)34-22-27(7-14-35(34)41)23-36-32-5-3-4-6-33(32)37(49)46-45-36;1-15-12-16(4-9-19(15)23-3)13-20(25)21(2,26)14-29(27,28)18-7-5-17(6-8-18)24-11-10-22;21-17-6-5-13(11-16(17)20(27)25-9-7-22-8-10-25)12-18-14-3-1-2-4-15(14)19(26)24-23-18;/h3-14,21-22,43,52H,15-20,23,25H2,1-2H3,(H,44,51)(H,46,49);4-9,12,24,26H,10-11,13-14H2,1-2H3;1-6,11,22H,7-10,12H2,(H,24,26);1H/t40-;21-;;/m00../s1. The number of piperazine rings is 2. The number of aromatic amines is 2. The number of carbonyl (C=O) groups excluding carboxylic acids is 4. The average molecular weight is 1650 g/mol. The van der Waals surface area contributed by atoms with E-state index in [-0.39, 0.29) is 56.8 Å². The van der Waals surface area contributed by atoms with Gasteiger partial charge >= 0.3 is 0 Å². The van der Waals surface area contributed by atoms with Gasteiger partial charge in [0, 0.05) is 124 Å². The van der Waals surface area contributed by atoms with Gasteiger partial charge < -0.3 is 41.3 Å². The molecule has 2 aliphatic rings. The van der Waals surface area contributed by atoms with Crippen LogP contribution in [0.15, 0.2) is 189 Å². The molecule has 8 N–H and O–H groups in total. The minimum Gasteiger partial charge on any atom is -0.384 e. The maximum absolute atomic E-state index is 14.9. The van der Waals surface area contributed by atoms with Crippen LogP contribution >= 0.6 is 28.3 Å². The molecule has 12 rings (SSSR count). The lowest BCUT2D eigenvalue weighted by Gasteiger charge is -2.35. The van der Waals surface area contributed by atoms with Crippen molar-refractivity contribution in [2.45, 2.75) is 68.0 Å². The number of nitrogens with zero attached hydrogens (tertiary/aromatic N) is 7. The summed E-state index contributed by atoms with van der Waals surface area (Å²) in [5, 5.41) is 59.2. The highest BCUT2D eigenvalue weighted by molar-refractivity contribution is 9.09. The fourth-order valence-electron chi connectivity index (χ4n) is 12.7. The summed E-state index contributed by atoms with van der Waals surface area (Å²) in [6, 6.07) is 47.1. The minimum atomic E-state index is -4.05. The van der Waals surface area contributed by atoms with Gasteiger partial charge in [0.25, 0.3) is 28.8 Å². The van der Waals surface area contributed by atoms with Crippen molar-refractivity contribution in [3.8, 4) is 6.07 Å². The average Bonchev–Trinajstić information content (AvgIpc) is 0.824. The number of nitriles is 1. The van der Waals surface area contributed by atoms with Crippen LogP contribution < -0.4 is 32.4 Å². The van der Waals surface area contributed by atoms with Gasteiger partial charge in [-0.3, -0.25) is 33.7 Å². The number of sulfone groups is 2. The molecule has 0 aliphatic carbocycles. The lowest BCUT2D eigenvalue weighted by Crippen LogP contribution is -2.49. The summed E-state index contributed by atoms with van der Waals surface area (Å²) in [5.41, 5.74) is 2.69. The van der Waals surface area contributed by atoms with E-state index < -0.39 is 71.6 Å². The van der Waals surface area contributed by atoms with Crippen LogP contribution in [0.3, 0.4) is 0 Å². The number of ketones is 1. The molecule has 25 nitrogen and oxygen atoms in total. The first kappa shape index (κ1) is 85.1. The van der Waals surface area contributed by atoms with E-state index in [9.17, 15) is 64.6 Å². The number of aryl methyl sites for hydroxylation is 2. The number of anilines is 3. The third-order valence-electron chi connectivity index (χ3n) is 18.9. The number of H-pyrrole nitrogens is 2. The zero-order valence-electron chi connectivity index (χ0n) is 61.7. The van der Waals surface area contributed by atoms with Gasteiger partial charge in [0.1, 0.15) is 17.2 Å². The summed E-state index contributed by atoms with van der Waals surface area (Å²) in [7, 11) is -7.91. The minimum absolute atomic E-state index is 0. The molecule has 584 valence electrons. The molecule has 2 saturated heterocycles. The number of alkyl halides is 1. The van der Waals surface area contributed by atoms with Gasteiger partial charge in [0.05, 0.1) is 72.8 Å². The number of carbonyl (C=O) groups is 4. The first-order valence-electron chi connectivity index (χ1n) is 35.4. The fraction of sp³-hybridized carbons (Fsp3) is 0.284. The summed E-state index contributed by atoms with van der Waals surface area (Å²) in [4.78, 5) is 84.4. The number of hydrogen-bond donors (Lipinski definition) is 8. The number of fused-ring (bicyclic) bond motifs is 2. The van der Waals surface area contributed by atoms with Crippen LogP contribution in [-0.4, -0.2) is 186 Å². The number of aromatic nitrogens is 4. The Kier molecular flexibility index (Phi) is 28.8. The largest absolute Gasteiger partial charge is 0.384 e. The zero-order valence-corrected chi connectivity index (χ0v) is 65.7. The first-order valence-corrected chi connectivity index (χ1v) is 39.9.